The SMILES string of the molecule is CC.CN1CCc2c(cnn2C)C1. The van der Waals surface area contributed by atoms with Crippen molar-refractivity contribution >= 4 is 0 Å². The van der Waals surface area contributed by atoms with E-state index in [1.54, 1.807) is 0 Å². The molecule has 0 spiro atoms. The number of hydrogen-bond acceptors (Lipinski definition) is 2. The molecule has 0 atom stereocenters. The molecule has 0 aromatic carbocycles. The summed E-state index contributed by atoms with van der Waals surface area (Å²) in [6.45, 7) is 6.22. The van der Waals surface area contributed by atoms with Crippen LogP contribution in [-0.4, -0.2) is 28.3 Å². The van der Waals surface area contributed by atoms with Crippen LogP contribution in [0.4, 0.5) is 0 Å². The molecule has 0 saturated carbocycles. The summed E-state index contributed by atoms with van der Waals surface area (Å²) in [5, 5.41) is 4.22. The number of likely N-dealkylation sites (N-methyl/N-ethyl adjacent to an activating group) is 1. The lowest BCUT2D eigenvalue weighted by Crippen LogP contribution is -2.26. The molecule has 2 heterocycles. The fraction of sp³-hybridized carbons (Fsp3) is 0.700. The van der Waals surface area contributed by atoms with Crippen LogP contribution in [0.5, 0.6) is 0 Å². The van der Waals surface area contributed by atoms with Crippen LogP contribution >= 0.6 is 0 Å². The van der Waals surface area contributed by atoms with Crippen molar-refractivity contribution in [1.29, 1.82) is 0 Å². The highest BCUT2D eigenvalue weighted by Gasteiger charge is 2.15. The van der Waals surface area contributed by atoms with E-state index in [9.17, 15) is 0 Å². The van der Waals surface area contributed by atoms with Gasteiger partial charge in [0.05, 0.1) is 6.20 Å². The molecule has 1 aliphatic heterocycles. The second-order valence-corrected chi connectivity index (χ2v) is 3.23. The molecular weight excluding hydrogens is 162 g/mol. The first-order valence-corrected chi connectivity index (χ1v) is 4.95. The van der Waals surface area contributed by atoms with Gasteiger partial charge in [-0.25, -0.2) is 0 Å². The number of aromatic nitrogens is 2. The predicted molar refractivity (Wildman–Crippen MR) is 54.6 cm³/mol. The normalized spacial score (nSPS) is 16.0. The zero-order chi connectivity index (χ0) is 9.84. The topological polar surface area (TPSA) is 21.1 Å². The van der Waals surface area contributed by atoms with Gasteiger partial charge in [-0.3, -0.25) is 4.68 Å². The minimum atomic E-state index is 1.06. The van der Waals surface area contributed by atoms with Crippen molar-refractivity contribution < 1.29 is 0 Å². The minimum absolute atomic E-state index is 1.06. The van der Waals surface area contributed by atoms with Crippen LogP contribution in [0.1, 0.15) is 25.1 Å². The maximum Gasteiger partial charge on any atom is 0.0537 e. The highest BCUT2D eigenvalue weighted by Crippen LogP contribution is 2.15. The Hall–Kier alpha value is -0.830. The molecule has 0 amide bonds. The van der Waals surface area contributed by atoms with Crippen LogP contribution in [0.2, 0.25) is 0 Å². The second-order valence-electron chi connectivity index (χ2n) is 3.23. The number of fused-ring (bicyclic) bond motifs is 1. The van der Waals surface area contributed by atoms with Crippen molar-refractivity contribution in [1.82, 2.24) is 14.7 Å². The molecule has 3 heteroatoms. The summed E-state index contributed by atoms with van der Waals surface area (Å²) < 4.78 is 1.99. The van der Waals surface area contributed by atoms with E-state index in [2.05, 4.69) is 17.0 Å². The molecule has 13 heavy (non-hydrogen) atoms. The fourth-order valence-corrected chi connectivity index (χ4v) is 1.63. The highest BCUT2D eigenvalue weighted by atomic mass is 15.3. The van der Waals surface area contributed by atoms with Gasteiger partial charge >= 0.3 is 0 Å². The van der Waals surface area contributed by atoms with E-state index in [1.165, 1.54) is 11.3 Å². The smallest absolute Gasteiger partial charge is 0.0537 e. The third-order valence-electron chi connectivity index (χ3n) is 2.32. The maximum absolute atomic E-state index is 4.22. The molecule has 2 rings (SSSR count). The zero-order valence-electron chi connectivity index (χ0n) is 9.04. The van der Waals surface area contributed by atoms with Gasteiger partial charge in [-0.1, -0.05) is 13.8 Å². The van der Waals surface area contributed by atoms with E-state index >= 15 is 0 Å². The Morgan fingerprint density at radius 2 is 2.00 bits per heavy atom. The quantitative estimate of drug-likeness (QED) is 0.604. The molecule has 3 nitrogen and oxygen atoms in total. The van der Waals surface area contributed by atoms with E-state index in [1.807, 2.05) is 31.8 Å². The predicted octanol–water partition coefficient (Wildman–Crippen LogP) is 1.43. The molecule has 74 valence electrons. The molecule has 0 saturated heterocycles. The average Bonchev–Trinajstić information content (AvgIpc) is 2.51. The monoisotopic (exact) mass is 181 g/mol. The van der Waals surface area contributed by atoms with Crippen LogP contribution in [0.25, 0.3) is 0 Å². The molecule has 1 aliphatic rings. The summed E-state index contributed by atoms with van der Waals surface area (Å²) >= 11 is 0. The van der Waals surface area contributed by atoms with Crippen molar-refractivity contribution in [2.75, 3.05) is 13.6 Å². The lowest BCUT2D eigenvalue weighted by molar-refractivity contribution is 0.309. The number of hydrogen-bond donors (Lipinski definition) is 0. The van der Waals surface area contributed by atoms with Gasteiger partial charge in [0.1, 0.15) is 0 Å². The second kappa shape index (κ2) is 4.42. The Balaban J connectivity index is 0.000000396. The Bertz CT molecular complexity index is 265. The third kappa shape index (κ3) is 2.10. The summed E-state index contributed by atoms with van der Waals surface area (Å²) in [5.74, 6) is 0. The first kappa shape index (κ1) is 10.3. The molecule has 1 aromatic rings. The standard InChI is InChI=1S/C8H13N3.C2H6/c1-10-4-3-8-7(6-10)5-9-11(8)2;1-2/h5H,3-4,6H2,1-2H3;1-2H3. The third-order valence-corrected chi connectivity index (χ3v) is 2.32. The van der Waals surface area contributed by atoms with Crippen LogP contribution in [-0.2, 0) is 20.0 Å². The molecule has 0 N–H and O–H groups in total. The van der Waals surface area contributed by atoms with Crippen molar-refractivity contribution in [3.63, 3.8) is 0 Å². The molecule has 0 fully saturated rings. The Morgan fingerprint density at radius 1 is 1.31 bits per heavy atom. The Kier molecular flexibility index (Phi) is 3.48. The van der Waals surface area contributed by atoms with Gasteiger partial charge in [-0.15, -0.1) is 0 Å². The number of aryl methyl sites for hydroxylation is 1. The van der Waals surface area contributed by atoms with Crippen molar-refractivity contribution in [3.05, 3.63) is 17.5 Å². The minimum Gasteiger partial charge on any atom is -0.302 e. The van der Waals surface area contributed by atoms with E-state index in [0.29, 0.717) is 0 Å². The van der Waals surface area contributed by atoms with Gasteiger partial charge < -0.3 is 4.90 Å². The van der Waals surface area contributed by atoms with Gasteiger partial charge in [0.2, 0.25) is 0 Å². The summed E-state index contributed by atoms with van der Waals surface area (Å²) in [5.41, 5.74) is 2.80. The van der Waals surface area contributed by atoms with Crippen LogP contribution < -0.4 is 0 Å². The summed E-state index contributed by atoms with van der Waals surface area (Å²) in [6.07, 6.45) is 3.12. The zero-order valence-corrected chi connectivity index (χ0v) is 9.04. The first-order chi connectivity index (χ1) is 6.27. The summed E-state index contributed by atoms with van der Waals surface area (Å²) in [4.78, 5) is 2.32. The molecule has 0 unspecified atom stereocenters. The van der Waals surface area contributed by atoms with Gasteiger partial charge in [0.25, 0.3) is 0 Å². The maximum atomic E-state index is 4.22. The summed E-state index contributed by atoms with van der Waals surface area (Å²) in [6, 6.07) is 0. The van der Waals surface area contributed by atoms with E-state index < -0.39 is 0 Å². The van der Waals surface area contributed by atoms with Gasteiger partial charge in [0.15, 0.2) is 0 Å². The summed E-state index contributed by atoms with van der Waals surface area (Å²) in [7, 11) is 4.17. The lowest BCUT2D eigenvalue weighted by atomic mass is 10.1. The van der Waals surface area contributed by atoms with Crippen molar-refractivity contribution in [3.8, 4) is 0 Å². The van der Waals surface area contributed by atoms with Crippen molar-refractivity contribution in [2.24, 2.45) is 7.05 Å². The van der Waals surface area contributed by atoms with E-state index in [4.69, 9.17) is 0 Å². The molecule has 1 aromatic heterocycles. The fourth-order valence-electron chi connectivity index (χ4n) is 1.63. The Morgan fingerprint density at radius 3 is 2.69 bits per heavy atom. The van der Waals surface area contributed by atoms with Crippen LogP contribution in [0.3, 0.4) is 0 Å². The molecule has 0 bridgehead atoms. The van der Waals surface area contributed by atoms with E-state index in [0.717, 1.165) is 19.5 Å². The average molecular weight is 181 g/mol. The first-order valence-electron chi connectivity index (χ1n) is 4.95. The van der Waals surface area contributed by atoms with Crippen LogP contribution in [0, 0.1) is 0 Å². The molecular formula is C10H19N3. The van der Waals surface area contributed by atoms with Crippen LogP contribution in [0.15, 0.2) is 6.20 Å². The molecule has 0 aliphatic carbocycles. The number of nitrogens with zero attached hydrogens (tertiary/aromatic N) is 3. The van der Waals surface area contributed by atoms with Crippen molar-refractivity contribution in [2.45, 2.75) is 26.8 Å². The van der Waals surface area contributed by atoms with Gasteiger partial charge in [-0.2, -0.15) is 5.10 Å². The van der Waals surface area contributed by atoms with Gasteiger partial charge in [0, 0.05) is 37.8 Å². The lowest BCUT2D eigenvalue weighted by Gasteiger charge is -2.22. The highest BCUT2D eigenvalue weighted by molar-refractivity contribution is 5.20. The number of rotatable bonds is 0. The Labute approximate surface area is 80.4 Å². The van der Waals surface area contributed by atoms with Gasteiger partial charge in [-0.05, 0) is 7.05 Å². The largest absolute Gasteiger partial charge is 0.302 e. The molecule has 0 radical (unpaired) electrons. The van der Waals surface area contributed by atoms with E-state index in [-0.39, 0.29) is 0 Å².